The number of hydrogen-bond donors (Lipinski definition) is 1. The number of carbonyl (C=O) groups is 1. The molecule has 4 rings (SSSR count). The molecule has 0 unspecified atom stereocenters. The van der Waals surface area contributed by atoms with Crippen LogP contribution in [-0.2, 0) is 9.53 Å². The highest BCUT2D eigenvalue weighted by molar-refractivity contribution is 7.87. The second kappa shape index (κ2) is 11.8. The van der Waals surface area contributed by atoms with Crippen LogP contribution in [0.1, 0.15) is 18.9 Å². The van der Waals surface area contributed by atoms with E-state index >= 15 is 0 Å². The third kappa shape index (κ3) is 5.41. The van der Waals surface area contributed by atoms with Crippen molar-refractivity contribution in [2.75, 3.05) is 6.61 Å². The summed E-state index contributed by atoms with van der Waals surface area (Å²) in [5, 5.41) is 13.8. The van der Waals surface area contributed by atoms with Crippen molar-refractivity contribution >= 4 is 40.2 Å². The standard InChI is InChI=1S/C31H30NO3P/c1-3-35-31(34)30(33)23-24(2)28-21-13-14-22-29(28)32-36(25-15-7-4-8-16-25,26-17-9-5-10-18-26)27-19-11-6-12-20-27/h4-22,30,33H,2-3,23H2,1H3/t30-/m0/s1. The zero-order valence-electron chi connectivity index (χ0n) is 20.3. The fourth-order valence-electron chi connectivity index (χ4n) is 4.24. The van der Waals surface area contributed by atoms with Crippen molar-refractivity contribution in [3.8, 4) is 0 Å². The van der Waals surface area contributed by atoms with Crippen LogP contribution in [0.2, 0.25) is 0 Å². The Hall–Kier alpha value is -3.72. The molecule has 0 spiro atoms. The molecule has 1 atom stereocenters. The van der Waals surface area contributed by atoms with E-state index in [0.717, 1.165) is 27.2 Å². The Labute approximate surface area is 213 Å². The molecule has 4 aromatic rings. The van der Waals surface area contributed by atoms with Crippen molar-refractivity contribution in [1.82, 2.24) is 0 Å². The van der Waals surface area contributed by atoms with Gasteiger partial charge in [0.25, 0.3) is 0 Å². The van der Waals surface area contributed by atoms with Crippen LogP contribution in [0, 0.1) is 0 Å². The molecular formula is C31H30NO3P. The van der Waals surface area contributed by atoms with Gasteiger partial charge in [0.1, 0.15) is 0 Å². The molecule has 0 aliphatic carbocycles. The van der Waals surface area contributed by atoms with Gasteiger partial charge in [-0.2, -0.15) is 0 Å². The van der Waals surface area contributed by atoms with E-state index in [0.29, 0.717) is 5.57 Å². The highest BCUT2D eigenvalue weighted by Gasteiger charge is 2.28. The average molecular weight is 496 g/mol. The second-order valence-corrected chi connectivity index (χ2v) is 11.4. The topological polar surface area (TPSA) is 58.9 Å². The molecule has 4 nitrogen and oxygen atoms in total. The van der Waals surface area contributed by atoms with E-state index < -0.39 is 19.1 Å². The van der Waals surface area contributed by atoms with Gasteiger partial charge in [0, 0.05) is 27.9 Å². The molecule has 0 saturated carbocycles. The molecule has 0 heterocycles. The summed E-state index contributed by atoms with van der Waals surface area (Å²) in [7, 11) is -2.48. The van der Waals surface area contributed by atoms with Crippen LogP contribution >= 0.6 is 7.05 Å². The Morgan fingerprint density at radius 1 is 0.806 bits per heavy atom. The molecular weight excluding hydrogens is 465 g/mol. The van der Waals surface area contributed by atoms with Crippen molar-refractivity contribution in [2.24, 2.45) is 4.74 Å². The third-order valence-electron chi connectivity index (χ3n) is 5.93. The minimum atomic E-state index is -2.48. The number of nitrogens with zero attached hydrogens (tertiary/aromatic N) is 1. The Morgan fingerprint density at radius 2 is 1.25 bits per heavy atom. The Morgan fingerprint density at radius 3 is 1.72 bits per heavy atom. The largest absolute Gasteiger partial charge is 0.464 e. The molecule has 0 saturated heterocycles. The average Bonchev–Trinajstić information content (AvgIpc) is 2.93. The highest BCUT2D eigenvalue weighted by atomic mass is 31.2. The summed E-state index contributed by atoms with van der Waals surface area (Å²) in [6.07, 6.45) is -1.21. The summed E-state index contributed by atoms with van der Waals surface area (Å²) in [6, 6.07) is 38.9. The molecule has 0 bridgehead atoms. The molecule has 1 N–H and O–H groups in total. The fraction of sp³-hybridized carbons (Fsp3) is 0.129. The van der Waals surface area contributed by atoms with E-state index in [1.807, 2.05) is 78.9 Å². The Bertz CT molecular complexity index is 1270. The van der Waals surface area contributed by atoms with Crippen LogP contribution in [0.25, 0.3) is 5.57 Å². The van der Waals surface area contributed by atoms with E-state index in [-0.39, 0.29) is 13.0 Å². The van der Waals surface area contributed by atoms with Crippen LogP contribution < -0.4 is 15.9 Å². The molecule has 0 aliphatic heterocycles. The lowest BCUT2D eigenvalue weighted by Crippen LogP contribution is -2.25. The summed E-state index contributed by atoms with van der Waals surface area (Å²) in [5.41, 5.74) is 2.19. The van der Waals surface area contributed by atoms with Crippen LogP contribution in [0.15, 0.2) is 127 Å². The maximum absolute atomic E-state index is 12.0. The van der Waals surface area contributed by atoms with Crippen LogP contribution in [0.4, 0.5) is 5.69 Å². The van der Waals surface area contributed by atoms with E-state index in [1.54, 1.807) is 6.92 Å². The van der Waals surface area contributed by atoms with E-state index in [2.05, 4.69) is 43.0 Å². The lowest BCUT2D eigenvalue weighted by molar-refractivity contribution is -0.152. The molecule has 36 heavy (non-hydrogen) atoms. The van der Waals surface area contributed by atoms with E-state index in [1.165, 1.54) is 0 Å². The van der Waals surface area contributed by atoms with Crippen molar-refractivity contribution in [3.05, 3.63) is 127 Å². The monoisotopic (exact) mass is 495 g/mol. The van der Waals surface area contributed by atoms with Gasteiger partial charge in [0.05, 0.1) is 19.3 Å². The number of aliphatic hydroxyl groups is 1. The predicted octanol–water partition coefficient (Wildman–Crippen LogP) is 5.82. The fourth-order valence-corrected chi connectivity index (χ4v) is 7.79. The zero-order chi connectivity index (χ0) is 25.4. The minimum absolute atomic E-state index is 0.0683. The highest BCUT2D eigenvalue weighted by Crippen LogP contribution is 2.50. The molecule has 0 amide bonds. The molecule has 4 aromatic carbocycles. The minimum Gasteiger partial charge on any atom is -0.464 e. The summed E-state index contributed by atoms with van der Waals surface area (Å²) < 4.78 is 10.5. The van der Waals surface area contributed by atoms with E-state index in [4.69, 9.17) is 9.48 Å². The summed E-state index contributed by atoms with van der Waals surface area (Å²) in [5.74, 6) is -0.646. The molecule has 0 aliphatic rings. The summed E-state index contributed by atoms with van der Waals surface area (Å²) in [6.45, 7) is 6.13. The van der Waals surface area contributed by atoms with Crippen LogP contribution in [-0.4, -0.2) is 23.8 Å². The number of benzene rings is 4. The molecule has 0 aromatic heterocycles. The lowest BCUT2D eigenvalue weighted by atomic mass is 10.00. The SMILES string of the molecule is C=C(C[C@H](O)C(=O)OCC)c1ccccc1N=P(c1ccccc1)(c1ccccc1)c1ccccc1. The van der Waals surface area contributed by atoms with Crippen LogP contribution in [0.3, 0.4) is 0 Å². The summed E-state index contributed by atoms with van der Waals surface area (Å²) >= 11 is 0. The van der Waals surface area contributed by atoms with Gasteiger partial charge in [-0.1, -0.05) is 116 Å². The van der Waals surface area contributed by atoms with Crippen LogP contribution in [0.5, 0.6) is 0 Å². The van der Waals surface area contributed by atoms with Crippen molar-refractivity contribution in [2.45, 2.75) is 19.4 Å². The number of carbonyl (C=O) groups excluding carboxylic acids is 1. The van der Waals surface area contributed by atoms with Gasteiger partial charge in [0.15, 0.2) is 6.10 Å². The lowest BCUT2D eigenvalue weighted by Gasteiger charge is -2.27. The third-order valence-corrected chi connectivity index (χ3v) is 9.58. The normalized spacial score (nSPS) is 11.9. The van der Waals surface area contributed by atoms with Crippen molar-refractivity contribution < 1.29 is 14.6 Å². The van der Waals surface area contributed by atoms with Gasteiger partial charge in [-0.25, -0.2) is 4.79 Å². The maximum atomic E-state index is 12.0. The first-order valence-electron chi connectivity index (χ1n) is 12.0. The molecule has 5 heteroatoms. The Balaban J connectivity index is 1.95. The molecule has 0 fully saturated rings. The zero-order valence-corrected chi connectivity index (χ0v) is 21.2. The molecule has 0 radical (unpaired) electrons. The quantitative estimate of drug-likeness (QED) is 0.235. The van der Waals surface area contributed by atoms with Gasteiger partial charge in [0.2, 0.25) is 0 Å². The maximum Gasteiger partial charge on any atom is 0.335 e. The first kappa shape index (κ1) is 25.4. The van der Waals surface area contributed by atoms with Gasteiger partial charge in [-0.15, -0.1) is 0 Å². The van der Waals surface area contributed by atoms with E-state index in [9.17, 15) is 9.90 Å². The first-order valence-corrected chi connectivity index (χ1v) is 13.7. The van der Waals surface area contributed by atoms with Gasteiger partial charge >= 0.3 is 5.97 Å². The molecule has 182 valence electrons. The smallest absolute Gasteiger partial charge is 0.335 e. The van der Waals surface area contributed by atoms with Crippen molar-refractivity contribution in [1.29, 1.82) is 0 Å². The number of ether oxygens (including phenoxy) is 1. The first-order chi connectivity index (χ1) is 17.6. The second-order valence-electron chi connectivity index (χ2n) is 8.33. The van der Waals surface area contributed by atoms with Crippen molar-refractivity contribution in [3.63, 3.8) is 0 Å². The summed E-state index contributed by atoms with van der Waals surface area (Å²) in [4.78, 5) is 12.0. The number of aliphatic hydroxyl groups excluding tert-OH is 1. The Kier molecular flexibility index (Phi) is 8.32. The number of esters is 1. The van der Waals surface area contributed by atoms with Gasteiger partial charge < -0.3 is 9.84 Å². The number of hydrogen-bond acceptors (Lipinski definition) is 4. The predicted molar refractivity (Wildman–Crippen MR) is 150 cm³/mol. The van der Waals surface area contributed by atoms with Gasteiger partial charge in [-0.05, 0) is 18.6 Å². The van der Waals surface area contributed by atoms with Gasteiger partial charge in [-0.3, -0.25) is 4.74 Å². The number of rotatable bonds is 9.